The van der Waals surface area contributed by atoms with Gasteiger partial charge < -0.3 is 9.64 Å². The van der Waals surface area contributed by atoms with E-state index in [9.17, 15) is 4.79 Å². The second kappa shape index (κ2) is 8.84. The van der Waals surface area contributed by atoms with Gasteiger partial charge in [-0.25, -0.2) is 0 Å². The van der Waals surface area contributed by atoms with Crippen LogP contribution in [0.2, 0.25) is 0 Å². The molecule has 1 saturated heterocycles. The molecule has 3 aromatic rings. The third-order valence-corrected chi connectivity index (χ3v) is 5.16. The second-order valence-corrected chi connectivity index (χ2v) is 7.10. The van der Waals surface area contributed by atoms with Crippen LogP contribution < -0.4 is 4.74 Å². The summed E-state index contributed by atoms with van der Waals surface area (Å²) in [7, 11) is 1.56. The Morgan fingerprint density at radius 3 is 2.41 bits per heavy atom. The molecule has 0 unspecified atom stereocenters. The minimum atomic E-state index is 0.0627. The van der Waals surface area contributed by atoms with Gasteiger partial charge >= 0.3 is 0 Å². The molecule has 0 spiro atoms. The molecular formula is C23H24N4O2. The predicted octanol–water partition coefficient (Wildman–Crippen LogP) is 3.11. The Bertz CT molecular complexity index is 952. The molecule has 0 aliphatic carbocycles. The van der Waals surface area contributed by atoms with E-state index in [1.807, 2.05) is 41.3 Å². The highest BCUT2D eigenvalue weighted by atomic mass is 16.5. The molecule has 1 fully saturated rings. The molecule has 2 heterocycles. The van der Waals surface area contributed by atoms with Crippen LogP contribution in [0.15, 0.2) is 66.7 Å². The van der Waals surface area contributed by atoms with Crippen molar-refractivity contribution in [3.63, 3.8) is 0 Å². The molecular weight excluding hydrogens is 364 g/mol. The zero-order valence-electron chi connectivity index (χ0n) is 16.5. The normalized spacial score (nSPS) is 14.6. The van der Waals surface area contributed by atoms with E-state index < -0.39 is 0 Å². The van der Waals surface area contributed by atoms with Gasteiger partial charge in [0, 0.05) is 49.9 Å². The smallest absolute Gasteiger partial charge is 0.253 e. The number of carbonyl (C=O) groups is 1. The van der Waals surface area contributed by atoms with Crippen molar-refractivity contribution in [3.8, 4) is 17.1 Å². The van der Waals surface area contributed by atoms with Crippen molar-refractivity contribution in [1.82, 2.24) is 20.0 Å². The Morgan fingerprint density at radius 2 is 1.72 bits per heavy atom. The summed E-state index contributed by atoms with van der Waals surface area (Å²) in [4.78, 5) is 17.3. The van der Waals surface area contributed by atoms with E-state index in [0.717, 1.165) is 38.3 Å². The molecule has 2 aromatic carbocycles. The lowest BCUT2D eigenvalue weighted by molar-refractivity contribution is 0.0628. The minimum absolute atomic E-state index is 0.0627. The van der Waals surface area contributed by atoms with Crippen molar-refractivity contribution in [3.05, 3.63) is 77.9 Å². The molecule has 1 aliphatic heterocycles. The molecule has 4 rings (SSSR count). The molecule has 6 heteroatoms. The molecule has 1 aliphatic rings. The highest BCUT2D eigenvalue weighted by Gasteiger charge is 2.22. The molecule has 29 heavy (non-hydrogen) atoms. The van der Waals surface area contributed by atoms with E-state index in [0.29, 0.717) is 17.1 Å². The summed E-state index contributed by atoms with van der Waals surface area (Å²) in [6.07, 6.45) is 0. The number of piperazine rings is 1. The monoisotopic (exact) mass is 388 g/mol. The van der Waals surface area contributed by atoms with Gasteiger partial charge in [0.15, 0.2) is 0 Å². The minimum Gasteiger partial charge on any atom is -0.480 e. The number of hydrogen-bond acceptors (Lipinski definition) is 5. The van der Waals surface area contributed by atoms with Crippen LogP contribution in [0.4, 0.5) is 0 Å². The predicted molar refractivity (Wildman–Crippen MR) is 112 cm³/mol. The first-order valence-corrected chi connectivity index (χ1v) is 9.76. The lowest BCUT2D eigenvalue weighted by atomic mass is 10.1. The van der Waals surface area contributed by atoms with Gasteiger partial charge in [-0.1, -0.05) is 42.5 Å². The van der Waals surface area contributed by atoms with Gasteiger partial charge in [0.1, 0.15) is 0 Å². The molecule has 0 atom stereocenters. The van der Waals surface area contributed by atoms with Crippen molar-refractivity contribution >= 4 is 5.91 Å². The third kappa shape index (κ3) is 4.60. The van der Waals surface area contributed by atoms with Crippen LogP contribution in [-0.4, -0.2) is 59.2 Å². The summed E-state index contributed by atoms with van der Waals surface area (Å²) in [6.45, 7) is 4.15. The standard InChI is InChI=1S/C23H24N4O2/c1-29-22-11-10-21(24-25-22)19-8-5-9-20(16-19)23(28)27-14-12-26(13-15-27)17-18-6-3-2-4-7-18/h2-11,16H,12-15,17H2,1H3. The molecule has 1 amide bonds. The summed E-state index contributed by atoms with van der Waals surface area (Å²) in [5, 5.41) is 8.18. The van der Waals surface area contributed by atoms with E-state index in [4.69, 9.17) is 4.74 Å². The summed E-state index contributed by atoms with van der Waals surface area (Å²) < 4.78 is 5.05. The van der Waals surface area contributed by atoms with Gasteiger partial charge in [-0.3, -0.25) is 9.69 Å². The van der Waals surface area contributed by atoms with Crippen LogP contribution in [0, 0.1) is 0 Å². The van der Waals surface area contributed by atoms with Gasteiger partial charge in [0.05, 0.1) is 12.8 Å². The number of rotatable bonds is 5. The van der Waals surface area contributed by atoms with Crippen molar-refractivity contribution in [2.24, 2.45) is 0 Å². The zero-order chi connectivity index (χ0) is 20.1. The third-order valence-electron chi connectivity index (χ3n) is 5.16. The van der Waals surface area contributed by atoms with Gasteiger partial charge in [0.25, 0.3) is 5.91 Å². The maximum atomic E-state index is 13.0. The van der Waals surface area contributed by atoms with Crippen LogP contribution in [0.1, 0.15) is 15.9 Å². The topological polar surface area (TPSA) is 58.6 Å². The second-order valence-electron chi connectivity index (χ2n) is 7.10. The molecule has 148 valence electrons. The molecule has 0 bridgehead atoms. The Kier molecular flexibility index (Phi) is 5.81. The largest absolute Gasteiger partial charge is 0.480 e. The highest BCUT2D eigenvalue weighted by Crippen LogP contribution is 2.20. The average Bonchev–Trinajstić information content (AvgIpc) is 2.80. The molecule has 0 saturated carbocycles. The van der Waals surface area contributed by atoms with E-state index in [-0.39, 0.29) is 5.91 Å². The van der Waals surface area contributed by atoms with Crippen LogP contribution in [-0.2, 0) is 6.54 Å². The van der Waals surface area contributed by atoms with E-state index in [1.165, 1.54) is 5.56 Å². The molecule has 6 nitrogen and oxygen atoms in total. The van der Waals surface area contributed by atoms with Crippen molar-refractivity contribution < 1.29 is 9.53 Å². The van der Waals surface area contributed by atoms with E-state index in [2.05, 4.69) is 39.4 Å². The number of ether oxygens (including phenoxy) is 1. The Labute approximate surface area is 170 Å². The fraction of sp³-hybridized carbons (Fsp3) is 0.261. The maximum Gasteiger partial charge on any atom is 0.253 e. The Morgan fingerprint density at radius 1 is 0.931 bits per heavy atom. The van der Waals surface area contributed by atoms with Gasteiger partial charge in [-0.05, 0) is 23.8 Å². The first-order valence-electron chi connectivity index (χ1n) is 9.76. The Balaban J connectivity index is 1.40. The van der Waals surface area contributed by atoms with Crippen LogP contribution >= 0.6 is 0 Å². The number of methoxy groups -OCH3 is 1. The molecule has 0 radical (unpaired) electrons. The fourth-order valence-electron chi connectivity index (χ4n) is 3.53. The summed E-state index contributed by atoms with van der Waals surface area (Å²) in [5.41, 5.74) is 3.57. The fourth-order valence-corrected chi connectivity index (χ4v) is 3.53. The number of hydrogen-bond donors (Lipinski definition) is 0. The van der Waals surface area contributed by atoms with Crippen molar-refractivity contribution in [2.75, 3.05) is 33.3 Å². The lowest BCUT2D eigenvalue weighted by Gasteiger charge is -2.34. The number of amides is 1. The Hall–Kier alpha value is -3.25. The quantitative estimate of drug-likeness (QED) is 0.672. The average molecular weight is 388 g/mol. The van der Waals surface area contributed by atoms with Crippen LogP contribution in [0.5, 0.6) is 5.88 Å². The first-order chi connectivity index (χ1) is 14.2. The lowest BCUT2D eigenvalue weighted by Crippen LogP contribution is -2.48. The molecule has 1 aromatic heterocycles. The molecule has 0 N–H and O–H groups in total. The SMILES string of the molecule is COc1ccc(-c2cccc(C(=O)N3CCN(Cc4ccccc4)CC3)c2)nn1. The number of benzene rings is 2. The number of carbonyl (C=O) groups excluding carboxylic acids is 1. The van der Waals surface area contributed by atoms with Crippen molar-refractivity contribution in [2.45, 2.75) is 6.54 Å². The van der Waals surface area contributed by atoms with Crippen LogP contribution in [0.3, 0.4) is 0 Å². The summed E-state index contributed by atoms with van der Waals surface area (Å²) in [5.74, 6) is 0.530. The summed E-state index contributed by atoms with van der Waals surface area (Å²) >= 11 is 0. The van der Waals surface area contributed by atoms with E-state index in [1.54, 1.807) is 13.2 Å². The van der Waals surface area contributed by atoms with Gasteiger partial charge in [-0.2, -0.15) is 0 Å². The highest BCUT2D eigenvalue weighted by molar-refractivity contribution is 5.95. The number of aromatic nitrogens is 2. The van der Waals surface area contributed by atoms with Crippen molar-refractivity contribution in [1.29, 1.82) is 0 Å². The summed E-state index contributed by atoms with van der Waals surface area (Å²) in [6, 6.07) is 21.6. The van der Waals surface area contributed by atoms with E-state index >= 15 is 0 Å². The maximum absolute atomic E-state index is 13.0. The number of nitrogens with zero attached hydrogens (tertiary/aromatic N) is 4. The van der Waals surface area contributed by atoms with Crippen LogP contribution in [0.25, 0.3) is 11.3 Å². The van der Waals surface area contributed by atoms with Gasteiger partial charge in [0.2, 0.25) is 5.88 Å². The first kappa shape index (κ1) is 19.1. The van der Waals surface area contributed by atoms with Gasteiger partial charge in [-0.15, -0.1) is 10.2 Å². The zero-order valence-corrected chi connectivity index (χ0v) is 16.5.